The molecule has 0 aliphatic carbocycles. The summed E-state index contributed by atoms with van der Waals surface area (Å²) in [4.78, 5) is 16.8. The average Bonchev–Trinajstić information content (AvgIpc) is 2.29. The number of nitrogens with zero attached hydrogens (tertiary/aromatic N) is 4. The third-order valence-electron chi connectivity index (χ3n) is 1.86. The van der Waals surface area contributed by atoms with Crippen molar-refractivity contribution in [3.63, 3.8) is 0 Å². The zero-order valence-corrected chi connectivity index (χ0v) is 9.77. The molecule has 0 fully saturated rings. The maximum Gasteiger partial charge on any atom is 0.139 e. The minimum atomic E-state index is 0.644. The fourth-order valence-corrected chi connectivity index (χ4v) is 1.48. The molecule has 0 spiro atoms. The van der Waals surface area contributed by atoms with Crippen LogP contribution < -0.4 is 0 Å². The number of halogens is 1. The van der Waals surface area contributed by atoms with E-state index < -0.39 is 0 Å². The molecule has 2 aromatic rings. The highest BCUT2D eigenvalue weighted by Crippen LogP contribution is 2.13. The van der Waals surface area contributed by atoms with Gasteiger partial charge in [-0.3, -0.25) is 0 Å². The monoisotopic (exact) mass is 264 g/mol. The fourth-order valence-electron chi connectivity index (χ4n) is 1.20. The van der Waals surface area contributed by atoms with Crippen LogP contribution >= 0.6 is 15.9 Å². The van der Waals surface area contributed by atoms with Gasteiger partial charge in [0.05, 0.1) is 16.7 Å². The summed E-state index contributed by atoms with van der Waals surface area (Å²) < 4.78 is 0. The summed E-state index contributed by atoms with van der Waals surface area (Å²) in [5.74, 6) is 1.50. The molecule has 2 aromatic heterocycles. The first kappa shape index (κ1) is 10.2. The third-order valence-corrected chi connectivity index (χ3v) is 2.36. The molecular formula is C10H9BrN4. The predicted octanol–water partition coefficient (Wildman–Crippen LogP) is 2.14. The van der Waals surface area contributed by atoms with Gasteiger partial charge in [-0.2, -0.15) is 0 Å². The number of aryl methyl sites for hydroxylation is 1. The van der Waals surface area contributed by atoms with E-state index in [0.717, 1.165) is 23.0 Å². The normalized spacial score (nSPS) is 10.3. The lowest BCUT2D eigenvalue weighted by atomic mass is 10.3. The Morgan fingerprint density at radius 1 is 1.07 bits per heavy atom. The molecule has 15 heavy (non-hydrogen) atoms. The molecule has 76 valence electrons. The summed E-state index contributed by atoms with van der Waals surface area (Å²) in [6.07, 6.45) is 3.46. The van der Waals surface area contributed by atoms with Crippen LogP contribution in [-0.2, 0) is 5.33 Å². The van der Waals surface area contributed by atoms with Gasteiger partial charge in [0.2, 0.25) is 0 Å². The van der Waals surface area contributed by atoms with Gasteiger partial charge in [0.25, 0.3) is 0 Å². The van der Waals surface area contributed by atoms with Crippen molar-refractivity contribution in [3.05, 3.63) is 36.2 Å². The molecule has 0 saturated carbocycles. The standard InChI is InChI=1S/C10H9BrN4/c1-7-12-4-2-8(14-7)9-3-5-13-10(6-11)15-9/h2-5H,6H2,1H3. The lowest BCUT2D eigenvalue weighted by Crippen LogP contribution is -1.96. The van der Waals surface area contributed by atoms with E-state index in [1.54, 1.807) is 12.4 Å². The van der Waals surface area contributed by atoms with Crippen molar-refractivity contribution in [1.29, 1.82) is 0 Å². The molecule has 0 atom stereocenters. The van der Waals surface area contributed by atoms with Crippen molar-refractivity contribution in [2.24, 2.45) is 0 Å². The topological polar surface area (TPSA) is 51.6 Å². The van der Waals surface area contributed by atoms with Crippen LogP contribution in [0.3, 0.4) is 0 Å². The van der Waals surface area contributed by atoms with E-state index in [1.165, 1.54) is 0 Å². The summed E-state index contributed by atoms with van der Waals surface area (Å²) in [5.41, 5.74) is 1.65. The van der Waals surface area contributed by atoms with E-state index in [0.29, 0.717) is 5.33 Å². The molecule has 4 nitrogen and oxygen atoms in total. The summed E-state index contributed by atoms with van der Waals surface area (Å²) in [6, 6.07) is 3.68. The molecule has 0 amide bonds. The molecule has 5 heteroatoms. The van der Waals surface area contributed by atoms with Crippen LogP contribution in [0.5, 0.6) is 0 Å². The van der Waals surface area contributed by atoms with Gasteiger partial charge in [0.1, 0.15) is 11.6 Å². The fraction of sp³-hybridized carbons (Fsp3) is 0.200. The highest BCUT2D eigenvalue weighted by atomic mass is 79.9. The Kier molecular flexibility index (Phi) is 3.01. The van der Waals surface area contributed by atoms with Gasteiger partial charge in [-0.15, -0.1) is 0 Å². The first-order valence-corrected chi connectivity index (χ1v) is 5.59. The molecule has 0 aliphatic heterocycles. The quantitative estimate of drug-likeness (QED) is 0.780. The Morgan fingerprint density at radius 2 is 1.73 bits per heavy atom. The maximum atomic E-state index is 4.35. The van der Waals surface area contributed by atoms with E-state index in [4.69, 9.17) is 0 Å². The van der Waals surface area contributed by atoms with Gasteiger partial charge in [-0.05, 0) is 19.1 Å². The van der Waals surface area contributed by atoms with Crippen molar-refractivity contribution in [2.45, 2.75) is 12.3 Å². The molecule has 0 N–H and O–H groups in total. The zero-order valence-electron chi connectivity index (χ0n) is 8.18. The van der Waals surface area contributed by atoms with Crippen LogP contribution in [0.2, 0.25) is 0 Å². The number of aromatic nitrogens is 4. The maximum absolute atomic E-state index is 4.35. The summed E-state index contributed by atoms with van der Waals surface area (Å²) in [6.45, 7) is 1.86. The lowest BCUT2D eigenvalue weighted by molar-refractivity contribution is 1.01. The second kappa shape index (κ2) is 4.44. The molecule has 0 bridgehead atoms. The van der Waals surface area contributed by atoms with Crippen LogP contribution in [0.15, 0.2) is 24.5 Å². The highest BCUT2D eigenvalue weighted by molar-refractivity contribution is 9.08. The van der Waals surface area contributed by atoms with Crippen molar-refractivity contribution in [2.75, 3.05) is 0 Å². The number of hydrogen-bond donors (Lipinski definition) is 0. The van der Waals surface area contributed by atoms with E-state index in [-0.39, 0.29) is 0 Å². The highest BCUT2D eigenvalue weighted by Gasteiger charge is 2.02. The molecule has 0 aromatic carbocycles. The van der Waals surface area contributed by atoms with Gasteiger partial charge >= 0.3 is 0 Å². The minimum absolute atomic E-state index is 0.644. The molecule has 0 radical (unpaired) electrons. The molecular weight excluding hydrogens is 256 g/mol. The van der Waals surface area contributed by atoms with Gasteiger partial charge < -0.3 is 0 Å². The van der Waals surface area contributed by atoms with Crippen molar-refractivity contribution >= 4 is 15.9 Å². The molecule has 0 aliphatic rings. The van der Waals surface area contributed by atoms with Crippen molar-refractivity contribution < 1.29 is 0 Å². The second-order valence-corrected chi connectivity index (χ2v) is 3.54. The first-order valence-electron chi connectivity index (χ1n) is 4.47. The zero-order chi connectivity index (χ0) is 10.7. The summed E-state index contributed by atoms with van der Waals surface area (Å²) >= 11 is 3.32. The SMILES string of the molecule is Cc1nccc(-c2ccnc(CBr)n2)n1. The van der Waals surface area contributed by atoms with Gasteiger partial charge in [0, 0.05) is 12.4 Å². The second-order valence-electron chi connectivity index (χ2n) is 2.98. The average molecular weight is 265 g/mol. The van der Waals surface area contributed by atoms with E-state index in [1.807, 2.05) is 19.1 Å². The Morgan fingerprint density at radius 3 is 2.40 bits per heavy atom. The van der Waals surface area contributed by atoms with Crippen molar-refractivity contribution in [3.8, 4) is 11.4 Å². The van der Waals surface area contributed by atoms with Crippen LogP contribution in [0, 0.1) is 6.92 Å². The molecule has 2 rings (SSSR count). The molecule has 0 saturated heterocycles. The van der Waals surface area contributed by atoms with Crippen LogP contribution in [0.25, 0.3) is 11.4 Å². The summed E-state index contributed by atoms with van der Waals surface area (Å²) in [7, 11) is 0. The van der Waals surface area contributed by atoms with Gasteiger partial charge in [-0.25, -0.2) is 19.9 Å². The van der Waals surface area contributed by atoms with Crippen molar-refractivity contribution in [1.82, 2.24) is 19.9 Å². The predicted molar refractivity (Wildman–Crippen MR) is 60.4 cm³/mol. The molecule has 2 heterocycles. The Bertz CT molecular complexity index is 472. The van der Waals surface area contributed by atoms with Gasteiger partial charge in [-0.1, -0.05) is 15.9 Å². The largest absolute Gasteiger partial charge is 0.242 e. The van der Waals surface area contributed by atoms with E-state index in [9.17, 15) is 0 Å². The van der Waals surface area contributed by atoms with E-state index >= 15 is 0 Å². The first-order chi connectivity index (χ1) is 7.29. The van der Waals surface area contributed by atoms with Crippen LogP contribution in [0.1, 0.15) is 11.6 Å². The lowest BCUT2D eigenvalue weighted by Gasteiger charge is -2.01. The van der Waals surface area contributed by atoms with Crippen LogP contribution in [0.4, 0.5) is 0 Å². The summed E-state index contributed by atoms with van der Waals surface area (Å²) in [5, 5.41) is 0.644. The van der Waals surface area contributed by atoms with Crippen LogP contribution in [-0.4, -0.2) is 19.9 Å². The Balaban J connectivity index is 2.44. The Labute approximate surface area is 96.0 Å². The number of hydrogen-bond acceptors (Lipinski definition) is 4. The number of rotatable bonds is 2. The minimum Gasteiger partial charge on any atom is -0.242 e. The number of alkyl halides is 1. The smallest absolute Gasteiger partial charge is 0.139 e. The third kappa shape index (κ3) is 2.36. The van der Waals surface area contributed by atoms with E-state index in [2.05, 4.69) is 35.9 Å². The van der Waals surface area contributed by atoms with Gasteiger partial charge in [0.15, 0.2) is 0 Å². The molecule has 0 unspecified atom stereocenters. The Hall–Kier alpha value is -1.36.